The number of ether oxygens (including phenoxy) is 2. The molecule has 25 heavy (non-hydrogen) atoms. The number of benzene rings is 2. The third kappa shape index (κ3) is 3.77. The number of cyclic esters (lactones) is 1. The van der Waals surface area contributed by atoms with Crippen LogP contribution in [0.25, 0.3) is 0 Å². The molecule has 2 atom stereocenters. The highest BCUT2D eigenvalue weighted by molar-refractivity contribution is 5.89. The second kappa shape index (κ2) is 7.57. The van der Waals surface area contributed by atoms with Crippen LogP contribution in [0, 0.1) is 0 Å². The van der Waals surface area contributed by atoms with Gasteiger partial charge >= 0.3 is 6.09 Å². The quantitative estimate of drug-likeness (QED) is 0.861. The second-order valence-corrected chi connectivity index (χ2v) is 6.21. The standard InChI is InChI=1S/C20H24N2O3/c1-14(21-15(2)18-6-4-5-7-19(18)24-3)16-8-10-17(11-9-16)22-12-13-25-20(22)23/h4-11,14-15,21H,12-13H2,1-3H3. The van der Waals surface area contributed by atoms with Crippen molar-refractivity contribution in [3.63, 3.8) is 0 Å². The van der Waals surface area contributed by atoms with Crippen molar-refractivity contribution < 1.29 is 14.3 Å². The summed E-state index contributed by atoms with van der Waals surface area (Å²) in [6.45, 7) is 5.32. The summed E-state index contributed by atoms with van der Waals surface area (Å²) >= 11 is 0. The normalized spacial score (nSPS) is 16.4. The number of methoxy groups -OCH3 is 1. The third-order valence-electron chi connectivity index (χ3n) is 4.57. The van der Waals surface area contributed by atoms with Crippen molar-refractivity contribution in [2.45, 2.75) is 25.9 Å². The fourth-order valence-corrected chi connectivity index (χ4v) is 3.16. The van der Waals surface area contributed by atoms with Crippen LogP contribution in [-0.2, 0) is 4.74 Å². The van der Waals surface area contributed by atoms with Crippen LogP contribution in [0.5, 0.6) is 5.75 Å². The molecule has 1 fully saturated rings. The van der Waals surface area contributed by atoms with Gasteiger partial charge in [-0.05, 0) is 37.6 Å². The molecule has 1 N–H and O–H groups in total. The maximum Gasteiger partial charge on any atom is 0.414 e. The van der Waals surface area contributed by atoms with Crippen LogP contribution in [0.1, 0.15) is 37.1 Å². The van der Waals surface area contributed by atoms with Gasteiger partial charge in [-0.15, -0.1) is 0 Å². The number of para-hydroxylation sites is 1. The molecular formula is C20H24N2O3. The van der Waals surface area contributed by atoms with Crippen molar-refractivity contribution in [1.29, 1.82) is 0 Å². The number of rotatable bonds is 6. The van der Waals surface area contributed by atoms with Gasteiger partial charge in [-0.25, -0.2) is 4.79 Å². The summed E-state index contributed by atoms with van der Waals surface area (Å²) in [6, 6.07) is 16.4. The number of amides is 1. The molecule has 2 aromatic carbocycles. The molecule has 0 bridgehead atoms. The molecule has 1 aliphatic heterocycles. The zero-order valence-electron chi connectivity index (χ0n) is 14.9. The SMILES string of the molecule is COc1ccccc1C(C)NC(C)c1ccc(N2CCOC2=O)cc1. The number of nitrogens with one attached hydrogen (secondary N) is 1. The summed E-state index contributed by atoms with van der Waals surface area (Å²) < 4.78 is 10.4. The Balaban J connectivity index is 1.68. The van der Waals surface area contributed by atoms with Crippen LogP contribution in [-0.4, -0.2) is 26.4 Å². The molecule has 0 spiro atoms. The fourth-order valence-electron chi connectivity index (χ4n) is 3.16. The van der Waals surface area contributed by atoms with Crippen LogP contribution in [0.3, 0.4) is 0 Å². The molecule has 132 valence electrons. The maximum atomic E-state index is 11.6. The first-order chi connectivity index (χ1) is 12.1. The third-order valence-corrected chi connectivity index (χ3v) is 4.57. The summed E-state index contributed by atoms with van der Waals surface area (Å²) in [7, 11) is 1.69. The van der Waals surface area contributed by atoms with Gasteiger partial charge < -0.3 is 14.8 Å². The largest absolute Gasteiger partial charge is 0.496 e. The lowest BCUT2D eigenvalue weighted by Crippen LogP contribution is -2.24. The highest BCUT2D eigenvalue weighted by Gasteiger charge is 2.23. The fraction of sp³-hybridized carbons (Fsp3) is 0.350. The Hall–Kier alpha value is -2.53. The van der Waals surface area contributed by atoms with Crippen LogP contribution < -0.4 is 15.0 Å². The number of anilines is 1. The van der Waals surface area contributed by atoms with Gasteiger partial charge in [-0.3, -0.25) is 4.90 Å². The lowest BCUT2D eigenvalue weighted by Gasteiger charge is -2.23. The van der Waals surface area contributed by atoms with Crippen molar-refractivity contribution in [2.75, 3.05) is 25.2 Å². The molecule has 0 radical (unpaired) electrons. The minimum atomic E-state index is -0.274. The lowest BCUT2D eigenvalue weighted by atomic mass is 10.0. The van der Waals surface area contributed by atoms with E-state index in [0.29, 0.717) is 13.2 Å². The Bertz CT molecular complexity index is 730. The Kier molecular flexibility index (Phi) is 5.24. The molecule has 1 aliphatic rings. The Labute approximate surface area is 148 Å². The van der Waals surface area contributed by atoms with Crippen LogP contribution in [0.2, 0.25) is 0 Å². The number of hydrogen-bond donors (Lipinski definition) is 1. The summed E-state index contributed by atoms with van der Waals surface area (Å²) in [4.78, 5) is 13.3. The van der Waals surface area contributed by atoms with Gasteiger partial charge in [0.2, 0.25) is 0 Å². The molecule has 1 saturated heterocycles. The van der Waals surface area contributed by atoms with Gasteiger partial charge in [-0.1, -0.05) is 30.3 Å². The van der Waals surface area contributed by atoms with E-state index in [2.05, 4.69) is 25.2 Å². The summed E-state index contributed by atoms with van der Waals surface area (Å²) in [5, 5.41) is 3.60. The average molecular weight is 340 g/mol. The van der Waals surface area contributed by atoms with Crippen molar-refractivity contribution in [3.05, 3.63) is 59.7 Å². The van der Waals surface area contributed by atoms with Gasteiger partial charge in [0.15, 0.2) is 0 Å². The molecule has 1 heterocycles. The molecule has 5 heteroatoms. The van der Waals surface area contributed by atoms with Gasteiger partial charge in [0.1, 0.15) is 12.4 Å². The van der Waals surface area contributed by atoms with Gasteiger partial charge in [0, 0.05) is 23.3 Å². The zero-order valence-corrected chi connectivity index (χ0v) is 14.9. The Morgan fingerprint density at radius 2 is 1.80 bits per heavy atom. The van der Waals surface area contributed by atoms with Crippen LogP contribution >= 0.6 is 0 Å². The second-order valence-electron chi connectivity index (χ2n) is 6.21. The van der Waals surface area contributed by atoms with Gasteiger partial charge in [0.25, 0.3) is 0 Å². The van der Waals surface area contributed by atoms with E-state index >= 15 is 0 Å². The molecule has 0 aromatic heterocycles. The number of nitrogens with zero attached hydrogens (tertiary/aromatic N) is 1. The van der Waals surface area contributed by atoms with Crippen LogP contribution in [0.15, 0.2) is 48.5 Å². The highest BCUT2D eigenvalue weighted by Crippen LogP contribution is 2.28. The van der Waals surface area contributed by atoms with Crippen molar-refractivity contribution >= 4 is 11.8 Å². The van der Waals surface area contributed by atoms with E-state index in [1.54, 1.807) is 12.0 Å². The lowest BCUT2D eigenvalue weighted by molar-refractivity contribution is 0.181. The Morgan fingerprint density at radius 1 is 1.08 bits per heavy atom. The van der Waals surface area contributed by atoms with E-state index in [9.17, 15) is 4.79 Å². The van der Waals surface area contributed by atoms with E-state index in [1.807, 2.05) is 42.5 Å². The smallest absolute Gasteiger partial charge is 0.414 e. The molecule has 2 unspecified atom stereocenters. The summed E-state index contributed by atoms with van der Waals surface area (Å²) in [6.07, 6.45) is -0.274. The van der Waals surface area contributed by atoms with Crippen LogP contribution in [0.4, 0.5) is 10.5 Å². The average Bonchev–Trinajstić information content (AvgIpc) is 3.07. The highest BCUT2D eigenvalue weighted by atomic mass is 16.6. The molecule has 0 saturated carbocycles. The first kappa shape index (κ1) is 17.3. The molecule has 3 rings (SSSR count). The minimum Gasteiger partial charge on any atom is -0.496 e. The molecule has 1 amide bonds. The minimum absolute atomic E-state index is 0.152. The van der Waals surface area contributed by atoms with Gasteiger partial charge in [0.05, 0.1) is 13.7 Å². The van der Waals surface area contributed by atoms with E-state index in [4.69, 9.17) is 9.47 Å². The van der Waals surface area contributed by atoms with E-state index in [0.717, 1.165) is 22.6 Å². The van der Waals surface area contributed by atoms with E-state index in [1.165, 1.54) is 0 Å². The predicted octanol–water partition coefficient (Wildman–Crippen LogP) is 4.06. The molecule has 5 nitrogen and oxygen atoms in total. The first-order valence-corrected chi connectivity index (χ1v) is 8.53. The summed E-state index contributed by atoms with van der Waals surface area (Å²) in [5.41, 5.74) is 3.17. The Morgan fingerprint density at radius 3 is 2.44 bits per heavy atom. The summed E-state index contributed by atoms with van der Waals surface area (Å²) in [5.74, 6) is 0.887. The van der Waals surface area contributed by atoms with Crippen molar-refractivity contribution in [3.8, 4) is 5.75 Å². The number of carbonyl (C=O) groups is 1. The van der Waals surface area contributed by atoms with Gasteiger partial charge in [-0.2, -0.15) is 0 Å². The molecule has 2 aromatic rings. The zero-order chi connectivity index (χ0) is 17.8. The number of hydrogen-bond acceptors (Lipinski definition) is 4. The van der Waals surface area contributed by atoms with Crippen molar-refractivity contribution in [2.24, 2.45) is 0 Å². The maximum absolute atomic E-state index is 11.6. The van der Waals surface area contributed by atoms with E-state index in [-0.39, 0.29) is 18.2 Å². The number of carbonyl (C=O) groups excluding carboxylic acids is 1. The van der Waals surface area contributed by atoms with E-state index < -0.39 is 0 Å². The topological polar surface area (TPSA) is 50.8 Å². The first-order valence-electron chi connectivity index (χ1n) is 8.53. The molecular weight excluding hydrogens is 316 g/mol. The molecule has 0 aliphatic carbocycles. The van der Waals surface area contributed by atoms with Crippen molar-refractivity contribution in [1.82, 2.24) is 5.32 Å². The predicted molar refractivity (Wildman–Crippen MR) is 98.1 cm³/mol. The monoisotopic (exact) mass is 340 g/mol.